The zero-order chi connectivity index (χ0) is 27.6. The summed E-state index contributed by atoms with van der Waals surface area (Å²) in [7, 11) is 0. The largest absolute Gasteiger partial charge is 0.379 e. The smallest absolute Gasteiger partial charge is 0.333 e. The summed E-state index contributed by atoms with van der Waals surface area (Å²) >= 11 is 0. The van der Waals surface area contributed by atoms with Crippen molar-refractivity contribution in [3.8, 4) is 22.5 Å². The van der Waals surface area contributed by atoms with Gasteiger partial charge in [0.2, 0.25) is 0 Å². The first-order valence-corrected chi connectivity index (χ1v) is 14.3. The average Bonchev–Trinajstić information content (AvgIpc) is 3.55. The number of rotatable bonds is 7. The fourth-order valence-electron chi connectivity index (χ4n) is 6.23. The molecule has 0 bridgehead atoms. The Morgan fingerprint density at radius 2 is 1.75 bits per heavy atom. The lowest BCUT2D eigenvalue weighted by Crippen LogP contribution is -2.49. The fraction of sp³-hybridized carbons (Fsp3) is 0.433. The number of anilines is 2. The molecule has 0 unspecified atom stereocenters. The minimum absolute atomic E-state index is 0.140. The quantitative estimate of drug-likeness (QED) is 0.324. The molecule has 3 aliphatic rings. The number of nitrogens with one attached hydrogen (secondary N) is 3. The molecular formula is C30H37N7O3. The summed E-state index contributed by atoms with van der Waals surface area (Å²) in [6.45, 7) is 11.1. The Morgan fingerprint density at radius 1 is 1.02 bits per heavy atom. The molecule has 0 atom stereocenters. The molecule has 10 nitrogen and oxygen atoms in total. The molecule has 2 amide bonds. The van der Waals surface area contributed by atoms with Crippen molar-refractivity contribution in [2.75, 3.05) is 62.7 Å². The van der Waals surface area contributed by atoms with Gasteiger partial charge in [-0.3, -0.25) is 15.3 Å². The van der Waals surface area contributed by atoms with E-state index in [1.165, 1.54) is 18.5 Å². The van der Waals surface area contributed by atoms with E-state index in [4.69, 9.17) is 4.74 Å². The fourth-order valence-corrected chi connectivity index (χ4v) is 6.23. The highest BCUT2D eigenvalue weighted by Gasteiger charge is 2.35. The van der Waals surface area contributed by atoms with Gasteiger partial charge in [-0.1, -0.05) is 38.1 Å². The monoisotopic (exact) mass is 543 g/mol. The molecule has 0 spiro atoms. The number of carbonyl (C=O) groups excluding carboxylic acids is 2. The van der Waals surface area contributed by atoms with E-state index < -0.39 is 0 Å². The predicted octanol–water partition coefficient (Wildman–Crippen LogP) is 3.97. The van der Waals surface area contributed by atoms with E-state index in [2.05, 4.69) is 56.7 Å². The number of piperidine rings is 1. The summed E-state index contributed by atoms with van der Waals surface area (Å²) in [6, 6.07) is 14.1. The van der Waals surface area contributed by atoms with Crippen molar-refractivity contribution < 1.29 is 14.3 Å². The van der Waals surface area contributed by atoms with Crippen molar-refractivity contribution in [1.29, 1.82) is 0 Å². The number of morpholine rings is 1. The number of benzene rings is 2. The Morgan fingerprint density at radius 3 is 2.45 bits per heavy atom. The molecule has 2 saturated heterocycles. The lowest BCUT2D eigenvalue weighted by atomic mass is 10.0. The number of carbonyl (C=O) groups is 2. The van der Waals surface area contributed by atoms with Gasteiger partial charge < -0.3 is 19.9 Å². The summed E-state index contributed by atoms with van der Waals surface area (Å²) in [5.74, 6) is -0.140. The highest BCUT2D eigenvalue weighted by atomic mass is 16.5. The molecule has 1 aliphatic carbocycles. The normalized spacial score (nSPS) is 17.7. The Balaban J connectivity index is 1.17. The molecule has 1 aromatic heterocycles. The minimum atomic E-state index is -0.381. The second-order valence-corrected chi connectivity index (χ2v) is 10.5. The third-order valence-corrected chi connectivity index (χ3v) is 8.37. The lowest BCUT2D eigenvalue weighted by Gasteiger charge is -2.38. The van der Waals surface area contributed by atoms with Gasteiger partial charge in [0.1, 0.15) is 5.69 Å². The van der Waals surface area contributed by atoms with Gasteiger partial charge in [0.05, 0.1) is 35.7 Å². The van der Waals surface area contributed by atoms with Crippen molar-refractivity contribution in [2.45, 2.75) is 32.7 Å². The molecule has 40 heavy (non-hydrogen) atoms. The number of hydrogen-bond donors (Lipinski definition) is 3. The standard InChI is InChI=1S/C30H37N7O3/c1-3-35(4-2)22-12-14-36(15-13-22)21-10-8-20(9-11-21)27-26-28(33-32-27)23-6-5-7-24(25(23)29(26)38)31-30(39)34-37-16-18-40-19-17-37/h5-11,22H,3-4,12-19H2,1-2H3,(H,32,33)(H2,31,34,39). The van der Waals surface area contributed by atoms with Gasteiger partial charge in [-0.25, -0.2) is 9.80 Å². The van der Waals surface area contributed by atoms with Crippen LogP contribution in [-0.4, -0.2) is 90.4 Å². The van der Waals surface area contributed by atoms with Crippen molar-refractivity contribution in [3.63, 3.8) is 0 Å². The van der Waals surface area contributed by atoms with Crippen LogP contribution in [0.3, 0.4) is 0 Å². The summed E-state index contributed by atoms with van der Waals surface area (Å²) in [5, 5.41) is 12.3. The van der Waals surface area contributed by atoms with Crippen LogP contribution in [0.25, 0.3) is 22.5 Å². The molecular weight excluding hydrogens is 506 g/mol. The molecule has 2 aromatic carbocycles. The van der Waals surface area contributed by atoms with E-state index in [0.29, 0.717) is 60.5 Å². The van der Waals surface area contributed by atoms with Gasteiger partial charge in [-0.2, -0.15) is 5.10 Å². The Hall–Kier alpha value is -3.73. The van der Waals surface area contributed by atoms with E-state index >= 15 is 0 Å². The second kappa shape index (κ2) is 11.4. The number of aromatic nitrogens is 2. The zero-order valence-electron chi connectivity index (χ0n) is 23.2. The van der Waals surface area contributed by atoms with Gasteiger partial charge in [0.15, 0.2) is 5.78 Å². The first-order valence-electron chi connectivity index (χ1n) is 14.3. The van der Waals surface area contributed by atoms with Crippen LogP contribution in [0, 0.1) is 0 Å². The maximum atomic E-state index is 13.7. The van der Waals surface area contributed by atoms with Crippen molar-refractivity contribution in [1.82, 2.24) is 25.5 Å². The van der Waals surface area contributed by atoms with E-state index in [1.54, 1.807) is 6.07 Å². The molecule has 2 aliphatic heterocycles. The van der Waals surface area contributed by atoms with Crippen molar-refractivity contribution >= 4 is 23.2 Å². The zero-order valence-corrected chi connectivity index (χ0v) is 23.2. The number of hydrogen-bond acceptors (Lipinski definition) is 7. The van der Waals surface area contributed by atoms with Crippen LogP contribution in [0.15, 0.2) is 42.5 Å². The van der Waals surface area contributed by atoms with E-state index in [0.717, 1.165) is 37.3 Å². The predicted molar refractivity (Wildman–Crippen MR) is 156 cm³/mol. The summed E-state index contributed by atoms with van der Waals surface area (Å²) in [6.07, 6.45) is 2.34. The van der Waals surface area contributed by atoms with Gasteiger partial charge in [0, 0.05) is 49.0 Å². The van der Waals surface area contributed by atoms with Crippen LogP contribution < -0.4 is 15.6 Å². The third-order valence-electron chi connectivity index (χ3n) is 8.37. The van der Waals surface area contributed by atoms with E-state index in [-0.39, 0.29) is 11.8 Å². The van der Waals surface area contributed by atoms with Crippen LogP contribution in [0.1, 0.15) is 42.6 Å². The Bertz CT molecular complexity index is 1370. The maximum Gasteiger partial charge on any atom is 0.333 e. The number of H-pyrrole nitrogens is 1. The highest BCUT2D eigenvalue weighted by molar-refractivity contribution is 6.26. The number of amides is 2. The Kier molecular flexibility index (Phi) is 7.55. The van der Waals surface area contributed by atoms with Gasteiger partial charge >= 0.3 is 6.03 Å². The summed E-state index contributed by atoms with van der Waals surface area (Å²) < 4.78 is 5.33. The second-order valence-electron chi connectivity index (χ2n) is 10.5. The van der Waals surface area contributed by atoms with E-state index in [1.807, 2.05) is 29.3 Å². The molecule has 2 fully saturated rings. The molecule has 3 heterocycles. The maximum absolute atomic E-state index is 13.7. The topological polar surface area (TPSA) is 106 Å². The number of aromatic amines is 1. The number of urea groups is 1. The van der Waals surface area contributed by atoms with Crippen LogP contribution in [0.2, 0.25) is 0 Å². The number of ether oxygens (including phenoxy) is 1. The van der Waals surface area contributed by atoms with Crippen LogP contribution >= 0.6 is 0 Å². The minimum Gasteiger partial charge on any atom is -0.379 e. The van der Waals surface area contributed by atoms with Crippen molar-refractivity contribution in [3.05, 3.63) is 53.6 Å². The molecule has 0 saturated carbocycles. The van der Waals surface area contributed by atoms with Gasteiger partial charge in [-0.05, 0) is 44.1 Å². The van der Waals surface area contributed by atoms with Gasteiger partial charge in [-0.15, -0.1) is 0 Å². The number of hydrazine groups is 1. The number of ketones is 1. The molecule has 3 aromatic rings. The van der Waals surface area contributed by atoms with Crippen LogP contribution in [-0.2, 0) is 4.74 Å². The molecule has 6 rings (SSSR count). The van der Waals surface area contributed by atoms with E-state index in [9.17, 15) is 9.59 Å². The molecule has 10 heteroatoms. The number of fused-ring (bicyclic) bond motifs is 3. The number of nitrogens with zero attached hydrogens (tertiary/aromatic N) is 4. The SMILES string of the molecule is CCN(CC)C1CCN(c2ccc(-c3n[nH]c4c3C(=O)c3c(NC(=O)NN5CCOCC5)cccc3-4)cc2)CC1. The molecule has 210 valence electrons. The molecule has 3 N–H and O–H groups in total. The Labute approximate surface area is 234 Å². The third kappa shape index (κ3) is 4.98. The summed E-state index contributed by atoms with van der Waals surface area (Å²) in [4.78, 5) is 31.4. The molecule has 0 radical (unpaired) electrons. The average molecular weight is 544 g/mol. The highest BCUT2D eigenvalue weighted by Crippen LogP contribution is 2.43. The lowest BCUT2D eigenvalue weighted by molar-refractivity contribution is 0.0207. The van der Waals surface area contributed by atoms with Crippen LogP contribution in [0.4, 0.5) is 16.2 Å². The van der Waals surface area contributed by atoms with Gasteiger partial charge in [0.25, 0.3) is 0 Å². The first kappa shape index (κ1) is 26.5. The summed E-state index contributed by atoms with van der Waals surface area (Å²) in [5.41, 5.74) is 8.50. The van der Waals surface area contributed by atoms with Crippen LogP contribution in [0.5, 0.6) is 0 Å². The first-order chi connectivity index (χ1) is 19.6. The van der Waals surface area contributed by atoms with Crippen molar-refractivity contribution in [2.24, 2.45) is 0 Å².